The maximum atomic E-state index is 13.7. The Bertz CT molecular complexity index is 944. The van der Waals surface area contributed by atoms with Crippen molar-refractivity contribution in [2.45, 2.75) is 39.8 Å². The van der Waals surface area contributed by atoms with Crippen LogP contribution in [0.2, 0.25) is 0 Å². The number of ketones is 1. The van der Waals surface area contributed by atoms with E-state index in [9.17, 15) is 24.3 Å². The molecule has 1 atom stereocenters. The van der Waals surface area contributed by atoms with Gasteiger partial charge in [-0.1, -0.05) is 19.1 Å². The molecule has 0 bridgehead atoms. The van der Waals surface area contributed by atoms with Gasteiger partial charge in [-0.15, -0.1) is 0 Å². The van der Waals surface area contributed by atoms with E-state index in [0.29, 0.717) is 6.42 Å². The van der Waals surface area contributed by atoms with Crippen molar-refractivity contribution >= 4 is 5.78 Å². The monoisotopic (exact) mass is 358 g/mol. The zero-order valence-electron chi connectivity index (χ0n) is 14.7. The van der Waals surface area contributed by atoms with Crippen LogP contribution >= 0.6 is 0 Å². The maximum absolute atomic E-state index is 13.7. The fourth-order valence-electron chi connectivity index (χ4n) is 2.66. The van der Waals surface area contributed by atoms with Crippen LogP contribution in [0.1, 0.15) is 41.8 Å². The van der Waals surface area contributed by atoms with Gasteiger partial charge >= 0.3 is 0 Å². The first-order valence-electron chi connectivity index (χ1n) is 8.15. The Labute approximate surface area is 150 Å². The number of halogens is 1. The van der Waals surface area contributed by atoms with Gasteiger partial charge in [0.25, 0.3) is 5.56 Å². The van der Waals surface area contributed by atoms with Crippen LogP contribution in [0.3, 0.4) is 0 Å². The third-order valence-electron chi connectivity index (χ3n) is 4.00. The lowest BCUT2D eigenvalue weighted by Crippen LogP contribution is -2.31. The van der Waals surface area contributed by atoms with E-state index in [1.807, 2.05) is 0 Å². The minimum absolute atomic E-state index is 0.0799. The van der Waals surface area contributed by atoms with Crippen molar-refractivity contribution in [1.29, 1.82) is 5.26 Å². The molecule has 1 heterocycles. The van der Waals surface area contributed by atoms with Gasteiger partial charge in [-0.2, -0.15) is 5.26 Å². The molecular formula is C19H19FN2O4. The second-order valence-corrected chi connectivity index (χ2v) is 5.82. The molecule has 1 aromatic carbocycles. The third kappa shape index (κ3) is 3.45. The van der Waals surface area contributed by atoms with Gasteiger partial charge in [0, 0.05) is 6.54 Å². The number of ether oxygens (including phenoxy) is 1. The summed E-state index contributed by atoms with van der Waals surface area (Å²) in [6, 6.07) is 7.42. The summed E-state index contributed by atoms with van der Waals surface area (Å²) in [5.74, 6) is -1.89. The molecule has 0 aliphatic carbocycles. The number of benzene rings is 1. The first-order valence-corrected chi connectivity index (χ1v) is 8.15. The van der Waals surface area contributed by atoms with Crippen molar-refractivity contribution in [3.63, 3.8) is 0 Å². The molecule has 1 unspecified atom stereocenters. The van der Waals surface area contributed by atoms with Crippen LogP contribution in [0.5, 0.6) is 11.6 Å². The normalized spacial score (nSPS) is 11.7. The smallest absolute Gasteiger partial charge is 0.271 e. The van der Waals surface area contributed by atoms with Crippen molar-refractivity contribution < 1.29 is 19.0 Å². The van der Waals surface area contributed by atoms with Crippen LogP contribution in [-0.2, 0) is 6.54 Å². The second-order valence-electron chi connectivity index (χ2n) is 5.82. The molecule has 2 aromatic rings. The van der Waals surface area contributed by atoms with Gasteiger partial charge in [0.15, 0.2) is 17.7 Å². The highest BCUT2D eigenvalue weighted by molar-refractivity contribution is 6.03. The third-order valence-corrected chi connectivity index (χ3v) is 4.00. The first-order chi connectivity index (χ1) is 12.3. The summed E-state index contributed by atoms with van der Waals surface area (Å²) in [6.07, 6.45) is -0.605. The number of hydrogen-bond acceptors (Lipinski definition) is 5. The summed E-state index contributed by atoms with van der Waals surface area (Å²) in [4.78, 5) is 25.1. The number of hydrogen-bond donors (Lipinski definition) is 1. The van der Waals surface area contributed by atoms with E-state index in [1.54, 1.807) is 19.1 Å². The number of aromatic nitrogens is 1. The maximum Gasteiger partial charge on any atom is 0.271 e. The van der Waals surface area contributed by atoms with E-state index in [0.717, 1.165) is 4.57 Å². The van der Waals surface area contributed by atoms with Gasteiger partial charge in [0.2, 0.25) is 11.7 Å². The number of rotatable bonds is 6. The molecule has 0 radical (unpaired) electrons. The molecule has 6 nitrogen and oxygen atoms in total. The molecule has 0 aliphatic rings. The van der Waals surface area contributed by atoms with Crippen molar-refractivity contribution in [1.82, 2.24) is 4.57 Å². The fraction of sp³-hybridized carbons (Fsp3) is 0.316. The van der Waals surface area contributed by atoms with Crippen molar-refractivity contribution in [3.05, 3.63) is 57.1 Å². The SMILES string of the molecule is CCCn1c(O)c(C(=O)C(C)Oc2ccccc2F)c(C)c(C#N)c1=O. The van der Waals surface area contributed by atoms with Gasteiger partial charge < -0.3 is 9.84 Å². The number of aromatic hydroxyl groups is 1. The van der Waals surface area contributed by atoms with E-state index >= 15 is 0 Å². The van der Waals surface area contributed by atoms with E-state index in [1.165, 1.54) is 32.0 Å². The summed E-state index contributed by atoms with van der Waals surface area (Å²) in [6.45, 7) is 4.78. The fourth-order valence-corrected chi connectivity index (χ4v) is 2.66. The molecule has 136 valence electrons. The average Bonchev–Trinajstić information content (AvgIpc) is 2.61. The zero-order chi connectivity index (χ0) is 19.4. The Kier molecular flexibility index (Phi) is 5.78. The van der Waals surface area contributed by atoms with Crippen LogP contribution in [0, 0.1) is 24.1 Å². The van der Waals surface area contributed by atoms with E-state index in [4.69, 9.17) is 4.74 Å². The highest BCUT2D eigenvalue weighted by Gasteiger charge is 2.28. The lowest BCUT2D eigenvalue weighted by Gasteiger charge is -2.19. The highest BCUT2D eigenvalue weighted by Crippen LogP contribution is 2.25. The minimum atomic E-state index is -1.13. The standard InChI is InChI=1S/C19H19FN2O4/c1-4-9-22-18(24)13(10-21)11(2)16(19(22)25)17(23)12(3)26-15-8-6-5-7-14(15)20/h5-8,12,25H,4,9H2,1-3H3. The number of pyridine rings is 1. The van der Waals surface area contributed by atoms with Crippen LogP contribution in [0.15, 0.2) is 29.1 Å². The molecule has 2 rings (SSSR count). The van der Waals surface area contributed by atoms with E-state index < -0.39 is 29.1 Å². The van der Waals surface area contributed by atoms with Gasteiger partial charge in [0.05, 0.1) is 5.56 Å². The number of carbonyl (C=O) groups is 1. The average molecular weight is 358 g/mol. The van der Waals surface area contributed by atoms with Gasteiger partial charge in [0.1, 0.15) is 11.6 Å². The predicted octanol–water partition coefficient (Wildman–Crippen LogP) is 2.93. The first kappa shape index (κ1) is 19.2. The highest BCUT2D eigenvalue weighted by atomic mass is 19.1. The molecule has 0 saturated heterocycles. The summed E-state index contributed by atoms with van der Waals surface area (Å²) < 4.78 is 20.1. The van der Waals surface area contributed by atoms with Gasteiger partial charge in [-0.3, -0.25) is 14.2 Å². The zero-order valence-corrected chi connectivity index (χ0v) is 14.7. The van der Waals surface area contributed by atoms with Crippen LogP contribution in [-0.4, -0.2) is 21.6 Å². The summed E-state index contributed by atoms with van der Waals surface area (Å²) >= 11 is 0. The second kappa shape index (κ2) is 7.83. The predicted molar refractivity (Wildman–Crippen MR) is 92.9 cm³/mol. The number of carbonyl (C=O) groups excluding carboxylic acids is 1. The summed E-state index contributed by atoms with van der Waals surface area (Å²) in [7, 11) is 0. The van der Waals surface area contributed by atoms with Crippen molar-refractivity contribution in [2.24, 2.45) is 0 Å². The van der Waals surface area contributed by atoms with E-state index in [2.05, 4.69) is 0 Å². The van der Waals surface area contributed by atoms with Crippen LogP contribution < -0.4 is 10.3 Å². The molecular weight excluding hydrogens is 339 g/mol. The number of Topliss-reactive ketones (excluding diaryl/α,β-unsaturated/α-hetero) is 1. The lowest BCUT2D eigenvalue weighted by molar-refractivity contribution is 0.0806. The molecule has 0 fully saturated rings. The Balaban J connectivity index is 2.51. The Hall–Kier alpha value is -3.14. The van der Waals surface area contributed by atoms with E-state index in [-0.39, 0.29) is 29.0 Å². The Morgan fingerprint density at radius 2 is 2.08 bits per heavy atom. The molecule has 0 spiro atoms. The quantitative estimate of drug-likeness (QED) is 0.802. The summed E-state index contributed by atoms with van der Waals surface area (Å²) in [5.41, 5.74) is -0.948. The topological polar surface area (TPSA) is 92.3 Å². The largest absolute Gasteiger partial charge is 0.494 e. The van der Waals surface area contributed by atoms with Crippen molar-refractivity contribution in [2.75, 3.05) is 0 Å². The van der Waals surface area contributed by atoms with Crippen LogP contribution in [0.4, 0.5) is 4.39 Å². The molecule has 0 amide bonds. The number of nitriles is 1. The molecule has 1 N–H and O–H groups in total. The number of nitrogens with zero attached hydrogens (tertiary/aromatic N) is 2. The number of para-hydroxylation sites is 1. The molecule has 26 heavy (non-hydrogen) atoms. The molecule has 1 aromatic heterocycles. The Morgan fingerprint density at radius 1 is 1.42 bits per heavy atom. The lowest BCUT2D eigenvalue weighted by atomic mass is 9.99. The minimum Gasteiger partial charge on any atom is -0.494 e. The molecule has 7 heteroatoms. The van der Waals surface area contributed by atoms with Gasteiger partial charge in [-0.25, -0.2) is 4.39 Å². The van der Waals surface area contributed by atoms with Crippen LogP contribution in [0.25, 0.3) is 0 Å². The molecule has 0 aliphatic heterocycles. The van der Waals surface area contributed by atoms with Crippen molar-refractivity contribution in [3.8, 4) is 17.7 Å². The molecule has 0 saturated carbocycles. The Morgan fingerprint density at radius 3 is 2.65 bits per heavy atom. The summed E-state index contributed by atoms with van der Waals surface area (Å²) in [5, 5.41) is 19.7. The van der Waals surface area contributed by atoms with Gasteiger partial charge in [-0.05, 0) is 38.0 Å².